The van der Waals surface area contributed by atoms with Crippen molar-refractivity contribution in [3.63, 3.8) is 0 Å². The predicted octanol–water partition coefficient (Wildman–Crippen LogP) is 2.09. The molecule has 0 saturated heterocycles. The van der Waals surface area contributed by atoms with E-state index in [2.05, 4.69) is 5.32 Å². The highest BCUT2D eigenvalue weighted by Crippen LogP contribution is 2.27. The number of carbonyl (C=O) groups is 2. The number of carboxylic acids is 1. The summed E-state index contributed by atoms with van der Waals surface area (Å²) in [6, 6.07) is 3.21. The lowest BCUT2D eigenvalue weighted by Gasteiger charge is -2.18. The highest BCUT2D eigenvalue weighted by Gasteiger charge is 2.24. The first-order chi connectivity index (χ1) is 9.25. The lowest BCUT2D eigenvalue weighted by molar-refractivity contribution is -0.384. The molecule has 0 aliphatic heterocycles. The largest absolute Gasteiger partial charge is 0.481 e. The summed E-state index contributed by atoms with van der Waals surface area (Å²) >= 11 is 5.81. The van der Waals surface area contributed by atoms with Crippen molar-refractivity contribution in [2.45, 2.75) is 19.9 Å². The van der Waals surface area contributed by atoms with E-state index in [0.29, 0.717) is 0 Å². The topological polar surface area (TPSA) is 110 Å². The van der Waals surface area contributed by atoms with Gasteiger partial charge in [0, 0.05) is 12.1 Å². The minimum Gasteiger partial charge on any atom is -0.481 e. The zero-order chi connectivity index (χ0) is 15.4. The first-order valence-electron chi connectivity index (χ1n) is 5.72. The van der Waals surface area contributed by atoms with Gasteiger partial charge in [0.15, 0.2) is 0 Å². The first-order valence-corrected chi connectivity index (χ1v) is 6.10. The minimum absolute atomic E-state index is 0.0645. The number of rotatable bonds is 5. The van der Waals surface area contributed by atoms with Crippen molar-refractivity contribution in [1.82, 2.24) is 5.32 Å². The highest BCUT2D eigenvalue weighted by atomic mass is 35.5. The average molecular weight is 301 g/mol. The Morgan fingerprint density at radius 3 is 2.50 bits per heavy atom. The van der Waals surface area contributed by atoms with Gasteiger partial charge in [0.2, 0.25) is 0 Å². The summed E-state index contributed by atoms with van der Waals surface area (Å²) in [7, 11) is 0. The maximum atomic E-state index is 12.0. The Balaban J connectivity index is 2.96. The van der Waals surface area contributed by atoms with Crippen LogP contribution >= 0.6 is 11.6 Å². The molecule has 108 valence electrons. The maximum absolute atomic E-state index is 12.0. The number of nitro benzene ring substituents is 1. The minimum atomic E-state index is -1.05. The smallest absolute Gasteiger partial charge is 0.308 e. The quantitative estimate of drug-likeness (QED) is 0.639. The van der Waals surface area contributed by atoms with Crippen molar-refractivity contribution in [1.29, 1.82) is 0 Å². The maximum Gasteiger partial charge on any atom is 0.308 e. The van der Waals surface area contributed by atoms with Crippen molar-refractivity contribution < 1.29 is 19.6 Å². The van der Waals surface area contributed by atoms with Gasteiger partial charge in [0.05, 0.1) is 16.4 Å². The van der Waals surface area contributed by atoms with Crippen LogP contribution in [-0.2, 0) is 4.79 Å². The molecule has 8 heteroatoms. The van der Waals surface area contributed by atoms with Crippen molar-refractivity contribution in [3.05, 3.63) is 38.9 Å². The van der Waals surface area contributed by atoms with E-state index >= 15 is 0 Å². The molecule has 7 nitrogen and oxygen atoms in total. The van der Waals surface area contributed by atoms with E-state index in [0.717, 1.165) is 0 Å². The van der Waals surface area contributed by atoms with Crippen LogP contribution in [0.4, 0.5) is 5.69 Å². The van der Waals surface area contributed by atoms with E-state index in [1.54, 1.807) is 0 Å². The fourth-order valence-corrected chi connectivity index (χ4v) is 1.74. The second-order valence-corrected chi connectivity index (χ2v) is 4.66. The number of halogens is 1. The Labute approximate surface area is 119 Å². The van der Waals surface area contributed by atoms with Gasteiger partial charge in [0.1, 0.15) is 5.02 Å². The van der Waals surface area contributed by atoms with Gasteiger partial charge >= 0.3 is 5.97 Å². The van der Waals surface area contributed by atoms with E-state index in [1.165, 1.54) is 32.0 Å². The van der Waals surface area contributed by atoms with Crippen LogP contribution < -0.4 is 5.32 Å². The van der Waals surface area contributed by atoms with Crippen molar-refractivity contribution in [3.8, 4) is 0 Å². The number of nitrogens with zero attached hydrogens (tertiary/aromatic N) is 1. The molecule has 0 aliphatic rings. The second-order valence-electron chi connectivity index (χ2n) is 4.28. The van der Waals surface area contributed by atoms with Crippen molar-refractivity contribution >= 4 is 29.2 Å². The SMILES string of the molecule is CC(NC(=O)c1cccc([N+](=O)[O-])c1Cl)C(C)C(=O)O. The van der Waals surface area contributed by atoms with E-state index < -0.39 is 28.8 Å². The molecule has 1 rings (SSSR count). The molecule has 2 atom stereocenters. The number of benzene rings is 1. The Morgan fingerprint density at radius 2 is 2.00 bits per heavy atom. The Kier molecular flexibility index (Phi) is 5.04. The molecule has 0 spiro atoms. The van der Waals surface area contributed by atoms with Crippen LogP contribution in [0.1, 0.15) is 24.2 Å². The molecular formula is C12H13ClN2O5. The normalized spacial score (nSPS) is 13.3. The molecular weight excluding hydrogens is 288 g/mol. The standard InChI is InChI=1S/C12H13ClN2O5/c1-6(12(17)18)7(2)14-11(16)8-4-3-5-9(10(8)13)15(19)20/h3-7H,1-2H3,(H,14,16)(H,17,18). The predicted molar refractivity (Wildman–Crippen MR) is 71.8 cm³/mol. The zero-order valence-corrected chi connectivity index (χ0v) is 11.5. The van der Waals surface area contributed by atoms with Gasteiger partial charge in [-0.2, -0.15) is 0 Å². The van der Waals surface area contributed by atoms with Gasteiger partial charge in [-0.15, -0.1) is 0 Å². The average Bonchev–Trinajstić information content (AvgIpc) is 2.37. The molecule has 1 aromatic rings. The number of carbonyl (C=O) groups excluding carboxylic acids is 1. The van der Waals surface area contributed by atoms with Gasteiger partial charge in [0.25, 0.3) is 11.6 Å². The van der Waals surface area contributed by atoms with Crippen LogP contribution in [0.15, 0.2) is 18.2 Å². The fourth-order valence-electron chi connectivity index (χ4n) is 1.46. The number of amides is 1. The molecule has 1 aromatic carbocycles. The van der Waals surface area contributed by atoms with Gasteiger partial charge in [-0.3, -0.25) is 19.7 Å². The molecule has 2 N–H and O–H groups in total. The molecule has 0 aliphatic carbocycles. The summed E-state index contributed by atoms with van der Waals surface area (Å²) < 4.78 is 0. The van der Waals surface area contributed by atoms with Gasteiger partial charge in [-0.1, -0.05) is 17.7 Å². The molecule has 1 amide bonds. The van der Waals surface area contributed by atoms with Crippen molar-refractivity contribution in [2.75, 3.05) is 0 Å². The third-order valence-corrected chi connectivity index (χ3v) is 3.32. The number of nitrogens with one attached hydrogen (secondary N) is 1. The van der Waals surface area contributed by atoms with Crippen LogP contribution in [0.5, 0.6) is 0 Å². The Morgan fingerprint density at radius 1 is 1.40 bits per heavy atom. The lowest BCUT2D eigenvalue weighted by Crippen LogP contribution is -2.40. The monoisotopic (exact) mass is 300 g/mol. The number of hydrogen-bond acceptors (Lipinski definition) is 4. The fraction of sp³-hybridized carbons (Fsp3) is 0.333. The zero-order valence-electron chi connectivity index (χ0n) is 10.8. The second kappa shape index (κ2) is 6.33. The Bertz CT molecular complexity index is 561. The molecule has 0 aromatic heterocycles. The molecule has 0 radical (unpaired) electrons. The van der Waals surface area contributed by atoms with Gasteiger partial charge in [-0.25, -0.2) is 0 Å². The summed E-state index contributed by atoms with van der Waals surface area (Å²) in [6.07, 6.45) is 0. The van der Waals surface area contributed by atoms with E-state index in [1.807, 2.05) is 0 Å². The molecule has 0 fully saturated rings. The molecule has 0 saturated carbocycles. The first kappa shape index (κ1) is 15.9. The summed E-state index contributed by atoms with van der Waals surface area (Å²) in [6.45, 7) is 2.98. The summed E-state index contributed by atoms with van der Waals surface area (Å²) in [4.78, 5) is 32.8. The summed E-state index contributed by atoms with van der Waals surface area (Å²) in [5, 5.41) is 21.8. The van der Waals surface area contributed by atoms with E-state index in [-0.39, 0.29) is 16.3 Å². The van der Waals surface area contributed by atoms with Crippen LogP contribution in [0, 0.1) is 16.0 Å². The van der Waals surface area contributed by atoms with E-state index in [9.17, 15) is 19.7 Å². The van der Waals surface area contributed by atoms with Crippen LogP contribution in [0.2, 0.25) is 5.02 Å². The van der Waals surface area contributed by atoms with Gasteiger partial charge in [-0.05, 0) is 19.9 Å². The van der Waals surface area contributed by atoms with Gasteiger partial charge < -0.3 is 10.4 Å². The van der Waals surface area contributed by atoms with Crippen LogP contribution in [-0.4, -0.2) is 27.9 Å². The number of aliphatic carboxylic acids is 1. The Hall–Kier alpha value is -2.15. The van der Waals surface area contributed by atoms with E-state index in [4.69, 9.17) is 16.7 Å². The van der Waals surface area contributed by atoms with Crippen LogP contribution in [0.25, 0.3) is 0 Å². The highest BCUT2D eigenvalue weighted by molar-refractivity contribution is 6.35. The molecule has 20 heavy (non-hydrogen) atoms. The number of carboxylic acid groups (broad SMARTS) is 1. The third kappa shape index (κ3) is 3.45. The van der Waals surface area contributed by atoms with Crippen molar-refractivity contribution in [2.24, 2.45) is 5.92 Å². The number of hydrogen-bond donors (Lipinski definition) is 2. The molecule has 2 unspecified atom stereocenters. The third-order valence-electron chi connectivity index (χ3n) is 2.92. The number of nitro groups is 1. The molecule has 0 heterocycles. The van der Waals surface area contributed by atoms with Crippen LogP contribution in [0.3, 0.4) is 0 Å². The summed E-state index contributed by atoms with van der Waals surface area (Å²) in [5.74, 6) is -2.50. The summed E-state index contributed by atoms with van der Waals surface area (Å²) in [5.41, 5.74) is -0.441. The molecule has 0 bridgehead atoms. The lowest BCUT2D eigenvalue weighted by atomic mass is 10.0.